The van der Waals surface area contributed by atoms with E-state index in [2.05, 4.69) is 11.0 Å². The van der Waals surface area contributed by atoms with Crippen molar-refractivity contribution in [3.8, 4) is 11.5 Å². The van der Waals surface area contributed by atoms with Gasteiger partial charge in [-0.05, 0) is 54.8 Å². The highest BCUT2D eigenvalue weighted by Gasteiger charge is 2.18. The number of rotatable bonds is 5. The Labute approximate surface area is 143 Å². The first kappa shape index (κ1) is 17.3. The van der Waals surface area contributed by atoms with Crippen LogP contribution in [0.3, 0.4) is 0 Å². The number of halogens is 1. The van der Waals surface area contributed by atoms with Crippen LogP contribution in [0.2, 0.25) is 0 Å². The molecule has 124 valence electrons. The standard InChI is InChI=1S/C18H22N2O2.ClH/c1-21-14-7-9-15(10-8-14)22-13-12-20-11-3-4-16-17(19)5-2-6-18(16)20;/h2,5-10H,3-4,11-13,19H2,1H3;1H. The number of nitrogens with two attached hydrogens (primary N) is 1. The average molecular weight is 335 g/mol. The van der Waals surface area contributed by atoms with E-state index in [1.165, 1.54) is 11.3 Å². The molecule has 0 aliphatic carbocycles. The molecule has 0 aromatic heterocycles. The Morgan fingerprint density at radius 1 is 1.09 bits per heavy atom. The van der Waals surface area contributed by atoms with Gasteiger partial charge in [0.1, 0.15) is 18.1 Å². The lowest BCUT2D eigenvalue weighted by Crippen LogP contribution is -2.33. The zero-order valence-electron chi connectivity index (χ0n) is 13.3. The summed E-state index contributed by atoms with van der Waals surface area (Å²) in [5.41, 5.74) is 9.51. The highest BCUT2D eigenvalue weighted by molar-refractivity contribution is 5.85. The van der Waals surface area contributed by atoms with Crippen molar-refractivity contribution in [1.82, 2.24) is 0 Å². The van der Waals surface area contributed by atoms with Gasteiger partial charge in [-0.15, -0.1) is 12.4 Å². The van der Waals surface area contributed by atoms with Crippen LogP contribution in [0.4, 0.5) is 11.4 Å². The third-order valence-electron chi connectivity index (χ3n) is 4.07. The van der Waals surface area contributed by atoms with Gasteiger partial charge in [-0.2, -0.15) is 0 Å². The van der Waals surface area contributed by atoms with Crippen molar-refractivity contribution in [3.63, 3.8) is 0 Å². The summed E-state index contributed by atoms with van der Waals surface area (Å²) in [5, 5.41) is 0. The maximum atomic E-state index is 6.08. The van der Waals surface area contributed by atoms with Gasteiger partial charge in [0.2, 0.25) is 0 Å². The second kappa shape index (κ2) is 7.97. The number of anilines is 2. The molecule has 5 heteroatoms. The molecule has 1 aliphatic rings. The third-order valence-corrected chi connectivity index (χ3v) is 4.07. The molecule has 0 saturated heterocycles. The third kappa shape index (κ3) is 4.02. The van der Waals surface area contributed by atoms with Gasteiger partial charge in [0.25, 0.3) is 0 Å². The van der Waals surface area contributed by atoms with Crippen molar-refractivity contribution in [3.05, 3.63) is 48.0 Å². The zero-order valence-corrected chi connectivity index (χ0v) is 14.1. The lowest BCUT2D eigenvalue weighted by atomic mass is 10.00. The molecule has 23 heavy (non-hydrogen) atoms. The summed E-state index contributed by atoms with van der Waals surface area (Å²) in [6.07, 6.45) is 2.21. The van der Waals surface area contributed by atoms with Gasteiger partial charge in [-0.1, -0.05) is 6.07 Å². The quantitative estimate of drug-likeness (QED) is 0.850. The fourth-order valence-electron chi connectivity index (χ4n) is 2.91. The van der Waals surface area contributed by atoms with Crippen molar-refractivity contribution in [2.45, 2.75) is 12.8 Å². The highest BCUT2D eigenvalue weighted by atomic mass is 35.5. The number of hydrogen-bond donors (Lipinski definition) is 1. The number of ether oxygens (including phenoxy) is 2. The van der Waals surface area contributed by atoms with Gasteiger partial charge in [0, 0.05) is 17.9 Å². The molecule has 4 nitrogen and oxygen atoms in total. The molecule has 2 N–H and O–H groups in total. The predicted octanol–water partition coefficient (Wildman–Crippen LogP) is 3.53. The van der Waals surface area contributed by atoms with Crippen LogP contribution in [0.25, 0.3) is 0 Å². The van der Waals surface area contributed by atoms with Gasteiger partial charge in [-0.3, -0.25) is 0 Å². The van der Waals surface area contributed by atoms with Crippen molar-refractivity contribution in [2.75, 3.05) is 37.4 Å². The second-order valence-electron chi connectivity index (χ2n) is 5.46. The summed E-state index contributed by atoms with van der Waals surface area (Å²) in [6.45, 7) is 2.57. The molecule has 0 saturated carbocycles. The van der Waals surface area contributed by atoms with E-state index in [1.807, 2.05) is 36.4 Å². The van der Waals surface area contributed by atoms with E-state index in [4.69, 9.17) is 15.2 Å². The highest BCUT2D eigenvalue weighted by Crippen LogP contribution is 2.31. The molecule has 0 unspecified atom stereocenters. The van der Waals surface area contributed by atoms with Gasteiger partial charge in [0.05, 0.1) is 13.7 Å². The molecule has 0 radical (unpaired) electrons. The lowest BCUT2D eigenvalue weighted by molar-refractivity contribution is 0.321. The molecule has 2 aromatic carbocycles. The van der Waals surface area contributed by atoms with Crippen LogP contribution >= 0.6 is 12.4 Å². The van der Waals surface area contributed by atoms with Crippen LogP contribution in [-0.4, -0.2) is 26.8 Å². The van der Waals surface area contributed by atoms with Crippen molar-refractivity contribution in [1.29, 1.82) is 0 Å². The molecule has 0 fully saturated rings. The van der Waals surface area contributed by atoms with Gasteiger partial charge >= 0.3 is 0 Å². The molecule has 1 aliphatic heterocycles. The Bertz CT molecular complexity index is 631. The monoisotopic (exact) mass is 334 g/mol. The fraction of sp³-hybridized carbons (Fsp3) is 0.333. The topological polar surface area (TPSA) is 47.7 Å². The van der Waals surface area contributed by atoms with E-state index < -0.39 is 0 Å². The summed E-state index contributed by atoms with van der Waals surface area (Å²) in [5.74, 6) is 1.71. The fourth-order valence-corrected chi connectivity index (χ4v) is 2.91. The normalized spacial score (nSPS) is 13.0. The molecule has 0 atom stereocenters. The largest absolute Gasteiger partial charge is 0.497 e. The first-order chi connectivity index (χ1) is 10.8. The molecule has 0 bridgehead atoms. The Balaban J connectivity index is 0.00000192. The van der Waals surface area contributed by atoms with E-state index in [-0.39, 0.29) is 12.4 Å². The summed E-state index contributed by atoms with van der Waals surface area (Å²) in [6, 6.07) is 13.8. The van der Waals surface area contributed by atoms with Crippen molar-refractivity contribution in [2.24, 2.45) is 0 Å². The first-order valence-corrected chi connectivity index (χ1v) is 7.67. The summed E-state index contributed by atoms with van der Waals surface area (Å²) >= 11 is 0. The summed E-state index contributed by atoms with van der Waals surface area (Å²) in [4.78, 5) is 2.36. The predicted molar refractivity (Wildman–Crippen MR) is 97.1 cm³/mol. The average Bonchev–Trinajstić information content (AvgIpc) is 2.56. The number of nitrogen functional groups attached to an aromatic ring is 1. The Morgan fingerprint density at radius 3 is 2.57 bits per heavy atom. The van der Waals surface area contributed by atoms with Gasteiger partial charge in [-0.25, -0.2) is 0 Å². The van der Waals surface area contributed by atoms with E-state index >= 15 is 0 Å². The van der Waals surface area contributed by atoms with Crippen LogP contribution in [0.1, 0.15) is 12.0 Å². The van der Waals surface area contributed by atoms with E-state index in [9.17, 15) is 0 Å². The smallest absolute Gasteiger partial charge is 0.119 e. The summed E-state index contributed by atoms with van der Waals surface area (Å²) < 4.78 is 11.0. The number of benzene rings is 2. The molecular weight excluding hydrogens is 312 g/mol. The minimum absolute atomic E-state index is 0. The Kier molecular flexibility index (Phi) is 5.99. The van der Waals surface area contributed by atoms with E-state index in [0.717, 1.165) is 43.1 Å². The second-order valence-corrected chi connectivity index (χ2v) is 5.46. The Hall–Kier alpha value is -2.07. The number of nitrogens with zero attached hydrogens (tertiary/aromatic N) is 1. The minimum atomic E-state index is 0. The van der Waals surface area contributed by atoms with E-state index in [0.29, 0.717) is 6.61 Å². The maximum Gasteiger partial charge on any atom is 0.119 e. The van der Waals surface area contributed by atoms with Crippen LogP contribution in [0.15, 0.2) is 42.5 Å². The molecule has 2 aromatic rings. The minimum Gasteiger partial charge on any atom is -0.497 e. The van der Waals surface area contributed by atoms with Crippen LogP contribution in [0.5, 0.6) is 11.5 Å². The van der Waals surface area contributed by atoms with E-state index in [1.54, 1.807) is 7.11 Å². The van der Waals surface area contributed by atoms with Crippen LogP contribution < -0.4 is 20.1 Å². The van der Waals surface area contributed by atoms with Crippen molar-refractivity contribution < 1.29 is 9.47 Å². The van der Waals surface area contributed by atoms with Crippen LogP contribution in [-0.2, 0) is 6.42 Å². The summed E-state index contributed by atoms with van der Waals surface area (Å²) in [7, 11) is 1.66. The first-order valence-electron chi connectivity index (χ1n) is 7.67. The zero-order chi connectivity index (χ0) is 15.4. The molecule has 1 heterocycles. The molecule has 0 amide bonds. The molecular formula is C18H23ClN2O2. The van der Waals surface area contributed by atoms with Gasteiger partial charge in [0.15, 0.2) is 0 Å². The molecule has 3 rings (SSSR count). The number of hydrogen-bond acceptors (Lipinski definition) is 4. The SMILES string of the molecule is COc1ccc(OCCN2CCCc3c(N)cccc32)cc1.Cl. The Morgan fingerprint density at radius 2 is 1.83 bits per heavy atom. The maximum absolute atomic E-state index is 6.08. The lowest BCUT2D eigenvalue weighted by Gasteiger charge is -2.31. The van der Waals surface area contributed by atoms with Crippen molar-refractivity contribution >= 4 is 23.8 Å². The number of fused-ring (bicyclic) bond motifs is 1. The number of methoxy groups -OCH3 is 1. The van der Waals surface area contributed by atoms with Crippen LogP contribution in [0, 0.1) is 0 Å². The van der Waals surface area contributed by atoms with Gasteiger partial charge < -0.3 is 20.1 Å². The molecule has 0 spiro atoms.